The molecule has 1 aromatic carbocycles. The van der Waals surface area contributed by atoms with Crippen molar-refractivity contribution < 1.29 is 4.79 Å². The molecule has 104 valence electrons. The predicted molar refractivity (Wildman–Crippen MR) is 81.2 cm³/mol. The number of nitrogens with two attached hydrogens (primary N) is 1. The first kappa shape index (κ1) is 14.3. The van der Waals surface area contributed by atoms with Crippen molar-refractivity contribution in [3.05, 3.63) is 28.2 Å². The second-order valence-corrected chi connectivity index (χ2v) is 6.37. The van der Waals surface area contributed by atoms with E-state index >= 15 is 0 Å². The number of carbonyl (C=O) groups excluding carboxylic acids is 1. The summed E-state index contributed by atoms with van der Waals surface area (Å²) < 4.78 is 1.00. The van der Waals surface area contributed by atoms with E-state index in [0.717, 1.165) is 22.3 Å². The molecule has 0 saturated carbocycles. The van der Waals surface area contributed by atoms with Gasteiger partial charge in [-0.25, -0.2) is 0 Å². The summed E-state index contributed by atoms with van der Waals surface area (Å²) in [5.74, 6) is 0.0530. The standard InChI is InChI=1S/C14H20BrN3O/c1-9(16)11-8-10(15)4-5-12(11)18-7-6-17-13(19)14(18,2)3/h4-5,8-9H,6-7,16H2,1-3H3,(H,17,19). The predicted octanol–water partition coefficient (Wildman–Crippen LogP) is 2.18. The molecule has 1 unspecified atom stereocenters. The molecule has 0 spiro atoms. The smallest absolute Gasteiger partial charge is 0.245 e. The molecular formula is C14H20BrN3O. The Balaban J connectivity index is 2.49. The van der Waals surface area contributed by atoms with Gasteiger partial charge in [0.1, 0.15) is 5.54 Å². The number of hydrogen-bond acceptors (Lipinski definition) is 3. The van der Waals surface area contributed by atoms with Gasteiger partial charge in [-0.1, -0.05) is 15.9 Å². The first-order valence-corrected chi connectivity index (χ1v) is 7.24. The maximum Gasteiger partial charge on any atom is 0.245 e. The van der Waals surface area contributed by atoms with E-state index in [9.17, 15) is 4.79 Å². The fourth-order valence-corrected chi connectivity index (χ4v) is 2.84. The highest BCUT2D eigenvalue weighted by atomic mass is 79.9. The van der Waals surface area contributed by atoms with E-state index in [-0.39, 0.29) is 11.9 Å². The number of halogens is 1. The van der Waals surface area contributed by atoms with E-state index in [2.05, 4.69) is 26.1 Å². The van der Waals surface area contributed by atoms with Crippen LogP contribution in [0.5, 0.6) is 0 Å². The number of amides is 1. The average molecular weight is 326 g/mol. The lowest BCUT2D eigenvalue weighted by Crippen LogP contribution is -2.62. The first-order valence-electron chi connectivity index (χ1n) is 6.45. The molecule has 1 saturated heterocycles. The normalized spacial score (nSPS) is 20.1. The highest BCUT2D eigenvalue weighted by Gasteiger charge is 2.38. The summed E-state index contributed by atoms with van der Waals surface area (Å²) in [5, 5.41) is 2.91. The molecule has 0 radical (unpaired) electrons. The Morgan fingerprint density at radius 3 is 2.79 bits per heavy atom. The lowest BCUT2D eigenvalue weighted by molar-refractivity contribution is -0.126. The molecule has 1 amide bonds. The molecule has 0 aromatic heterocycles. The summed E-state index contributed by atoms with van der Waals surface area (Å²) in [5.41, 5.74) is 7.60. The summed E-state index contributed by atoms with van der Waals surface area (Å²) in [4.78, 5) is 14.2. The molecule has 0 bridgehead atoms. The van der Waals surface area contributed by atoms with Gasteiger partial charge in [-0.3, -0.25) is 4.79 Å². The van der Waals surface area contributed by atoms with E-state index in [1.54, 1.807) is 0 Å². The minimum Gasteiger partial charge on any atom is -0.355 e. The van der Waals surface area contributed by atoms with Crippen molar-refractivity contribution in [2.75, 3.05) is 18.0 Å². The van der Waals surface area contributed by atoms with Crippen LogP contribution < -0.4 is 16.0 Å². The molecule has 1 fully saturated rings. The molecular weight excluding hydrogens is 306 g/mol. The molecule has 1 aromatic rings. The second-order valence-electron chi connectivity index (χ2n) is 5.46. The minimum absolute atomic E-state index is 0.0530. The van der Waals surface area contributed by atoms with Gasteiger partial charge in [-0.15, -0.1) is 0 Å². The van der Waals surface area contributed by atoms with Crippen LogP contribution in [0.2, 0.25) is 0 Å². The molecule has 0 aliphatic carbocycles. The van der Waals surface area contributed by atoms with Gasteiger partial charge in [0.15, 0.2) is 0 Å². The van der Waals surface area contributed by atoms with Crippen molar-refractivity contribution in [2.24, 2.45) is 5.73 Å². The summed E-state index contributed by atoms with van der Waals surface area (Å²) in [6, 6.07) is 5.98. The van der Waals surface area contributed by atoms with Gasteiger partial charge in [0.05, 0.1) is 0 Å². The number of piperazine rings is 1. The fourth-order valence-electron chi connectivity index (χ4n) is 2.46. The van der Waals surface area contributed by atoms with Gasteiger partial charge < -0.3 is 16.0 Å². The largest absolute Gasteiger partial charge is 0.355 e. The second kappa shape index (κ2) is 5.13. The number of rotatable bonds is 2. The van der Waals surface area contributed by atoms with E-state index in [0.29, 0.717) is 6.54 Å². The zero-order valence-corrected chi connectivity index (χ0v) is 13.1. The van der Waals surface area contributed by atoms with Gasteiger partial charge in [-0.05, 0) is 44.5 Å². The third kappa shape index (κ3) is 2.62. The van der Waals surface area contributed by atoms with Crippen LogP contribution in [0.25, 0.3) is 0 Å². The van der Waals surface area contributed by atoms with Crippen molar-refractivity contribution in [2.45, 2.75) is 32.4 Å². The Morgan fingerprint density at radius 2 is 2.16 bits per heavy atom. The number of nitrogens with zero attached hydrogens (tertiary/aromatic N) is 1. The summed E-state index contributed by atoms with van der Waals surface area (Å²) in [6.45, 7) is 7.29. The zero-order chi connectivity index (χ0) is 14.2. The van der Waals surface area contributed by atoms with Crippen molar-refractivity contribution in [1.82, 2.24) is 5.32 Å². The van der Waals surface area contributed by atoms with E-state index in [1.807, 2.05) is 39.0 Å². The Hall–Kier alpha value is -1.07. The number of benzene rings is 1. The van der Waals surface area contributed by atoms with Gasteiger partial charge >= 0.3 is 0 Å². The third-order valence-corrected chi connectivity index (χ3v) is 4.12. The van der Waals surface area contributed by atoms with Crippen LogP contribution in [-0.4, -0.2) is 24.5 Å². The van der Waals surface area contributed by atoms with Crippen molar-refractivity contribution in [3.63, 3.8) is 0 Å². The molecule has 19 heavy (non-hydrogen) atoms. The Labute approximate surface area is 122 Å². The van der Waals surface area contributed by atoms with Crippen LogP contribution in [0.1, 0.15) is 32.4 Å². The molecule has 1 atom stereocenters. The van der Waals surface area contributed by atoms with Gasteiger partial charge in [0.2, 0.25) is 5.91 Å². The van der Waals surface area contributed by atoms with Gasteiger partial charge in [0.25, 0.3) is 0 Å². The molecule has 4 nitrogen and oxygen atoms in total. The monoisotopic (exact) mass is 325 g/mol. The average Bonchev–Trinajstić information content (AvgIpc) is 2.33. The lowest BCUT2D eigenvalue weighted by Gasteiger charge is -2.44. The van der Waals surface area contributed by atoms with Gasteiger partial charge in [-0.2, -0.15) is 0 Å². The quantitative estimate of drug-likeness (QED) is 0.876. The maximum atomic E-state index is 12.1. The molecule has 3 N–H and O–H groups in total. The van der Waals surface area contributed by atoms with Crippen molar-refractivity contribution >= 4 is 27.5 Å². The summed E-state index contributed by atoms with van der Waals surface area (Å²) >= 11 is 3.48. The zero-order valence-electron chi connectivity index (χ0n) is 11.5. The highest BCUT2D eigenvalue weighted by Crippen LogP contribution is 2.33. The number of hydrogen-bond donors (Lipinski definition) is 2. The van der Waals surface area contributed by atoms with Crippen molar-refractivity contribution in [3.8, 4) is 0 Å². The highest BCUT2D eigenvalue weighted by molar-refractivity contribution is 9.10. The molecule has 5 heteroatoms. The summed E-state index contributed by atoms with van der Waals surface area (Å²) in [6.07, 6.45) is 0. The van der Waals surface area contributed by atoms with Crippen LogP contribution in [-0.2, 0) is 4.79 Å². The van der Waals surface area contributed by atoms with Crippen molar-refractivity contribution in [1.29, 1.82) is 0 Å². The van der Waals surface area contributed by atoms with Gasteiger partial charge in [0, 0.05) is 29.3 Å². The lowest BCUT2D eigenvalue weighted by atomic mass is 9.95. The SMILES string of the molecule is CC(N)c1cc(Br)ccc1N1CCNC(=O)C1(C)C. The molecule has 1 aliphatic rings. The Bertz CT molecular complexity index is 499. The van der Waals surface area contributed by atoms with Crippen LogP contribution in [0.15, 0.2) is 22.7 Å². The maximum absolute atomic E-state index is 12.1. The number of anilines is 1. The van der Waals surface area contributed by atoms with Crippen LogP contribution in [0.3, 0.4) is 0 Å². The first-order chi connectivity index (χ1) is 8.84. The number of nitrogens with one attached hydrogen (secondary N) is 1. The summed E-state index contributed by atoms with van der Waals surface area (Å²) in [7, 11) is 0. The van der Waals surface area contributed by atoms with E-state index in [1.165, 1.54) is 0 Å². The van der Waals surface area contributed by atoms with Crippen LogP contribution in [0.4, 0.5) is 5.69 Å². The molecule has 2 rings (SSSR count). The molecule has 1 aliphatic heterocycles. The number of carbonyl (C=O) groups is 1. The van der Waals surface area contributed by atoms with Crippen LogP contribution in [0, 0.1) is 0 Å². The Morgan fingerprint density at radius 1 is 1.47 bits per heavy atom. The Kier molecular flexibility index (Phi) is 3.87. The van der Waals surface area contributed by atoms with Crippen LogP contribution >= 0.6 is 15.9 Å². The van der Waals surface area contributed by atoms with E-state index < -0.39 is 5.54 Å². The third-order valence-electron chi connectivity index (χ3n) is 3.62. The fraction of sp³-hybridized carbons (Fsp3) is 0.500. The topological polar surface area (TPSA) is 58.4 Å². The molecule has 1 heterocycles. The van der Waals surface area contributed by atoms with E-state index in [4.69, 9.17) is 5.73 Å². The minimum atomic E-state index is -0.560.